The van der Waals surface area contributed by atoms with Crippen LogP contribution in [0.1, 0.15) is 185 Å². The summed E-state index contributed by atoms with van der Waals surface area (Å²) in [5, 5.41) is 29.9. The maximum Gasteiger partial charge on any atom is 2.00 e. The van der Waals surface area contributed by atoms with Crippen molar-refractivity contribution >= 4 is 124 Å². The van der Waals surface area contributed by atoms with Crippen LogP contribution < -0.4 is 0 Å². The number of aryl methyl sites for hydroxylation is 2. The molecule has 0 saturated heterocycles. The van der Waals surface area contributed by atoms with Crippen LogP contribution in [0.15, 0.2) is 231 Å². The number of hydrogen-bond acceptors (Lipinski definition) is 21. The number of carbonyl (C=O) groups excluding carboxylic acids is 7. The third-order valence-corrected chi connectivity index (χ3v) is 19.4. The SMILES string of the molecule is C.C/C=C/c1cc(-c2cc(/C=C/CC)ccn2)nc(-c2cc(/C=C/C(=O)OCC)ccn2)c1.C=Cc1ccnc(-c2cc(C=C)cc(-c3cc(/C=C/C(=O)O)ccn3)n2)c1.CC.CC.CCCCCCc1ccsc1-c1ccnc(-c2[c-]cc(C(F)(F)F)cc2)c1.CCCCCCc1ccsc1-c1ccnc(-c2[c-]cc(C(F)(F)F)cc2)c1.O=C=O.O=C=O.O=C=O.[2H]CF.[N-]=C=S.[N-]=C=S.[Ru+2].[Ru+2]. The van der Waals surface area contributed by atoms with Gasteiger partial charge in [0.15, 0.2) is 0 Å². The van der Waals surface area contributed by atoms with Crippen LogP contribution in [0.5, 0.6) is 0 Å². The standard InChI is InChI=1S/C27H27N3O2.2C22H21F3NS.C22H17N3O2.2C2H6.CH3F.2CNS.3CO2.CH4.2Ru/c1-4-7-9-20-12-14-28-23(16-20)25-18-22(8-5-2)19-26(30-25)24-17-21(13-15-29-24)10-11-27(31)32-6-3;2*1-2-3-4-5-6-17-12-14-27-21(17)18-11-13-26-20(15-18)16-7-9-19(10-8-16)22(23,24)25;1-3-15-7-9-23-18(11-15)20-12-16(4-2)13-21(25-20)19-14-17(8-10-24-19)5-6-22(26)27;3*1-2;5*2-1-3;;;/h5,7-19H,4,6H2,1-3H3;2*7,9-15H,2-6H2,1H3;3-14H,1-2H2,(H,26,27);2*1-2H3;1H3;;;;;;1H4;;/q;2*-1;;;;;2*-1;;;;;2*+2/b8-5+,9-7+,11-10+;;;6-5+;;;;;;;;;;;/i;;;;;;1D;;;;;;;;. The largest absolute Gasteiger partial charge is 2.00 e. The summed E-state index contributed by atoms with van der Waals surface area (Å²) in [6.07, 6.45) is 32.5. The number of aromatic nitrogens is 8. The minimum Gasteiger partial charge on any atom is -0.753 e. The zero-order valence-electron chi connectivity index (χ0n) is 76.9. The second-order valence-electron chi connectivity index (χ2n) is 26.2. The Labute approximate surface area is 842 Å². The Hall–Kier alpha value is -13.1. The van der Waals surface area contributed by atoms with Crippen LogP contribution in [-0.2, 0) is 107 Å². The van der Waals surface area contributed by atoms with E-state index in [0.29, 0.717) is 51.9 Å². The molecule has 0 bridgehead atoms. The molecule has 0 atom stereocenters. The fourth-order valence-corrected chi connectivity index (χ4v) is 13.5. The van der Waals surface area contributed by atoms with Crippen molar-refractivity contribution < 1.29 is 119 Å². The summed E-state index contributed by atoms with van der Waals surface area (Å²) in [6.45, 7) is 26.2. The van der Waals surface area contributed by atoms with E-state index in [9.17, 15) is 40.3 Å². The third kappa shape index (κ3) is 49.3. The van der Waals surface area contributed by atoms with Gasteiger partial charge in [-0.2, -0.15) is 65.4 Å². The molecule has 20 nitrogen and oxygen atoms in total. The van der Waals surface area contributed by atoms with Crippen LogP contribution in [0, 0.1) is 12.1 Å². The van der Waals surface area contributed by atoms with Crippen LogP contribution in [0.3, 0.4) is 0 Å². The maximum absolute atomic E-state index is 12.7. The van der Waals surface area contributed by atoms with Crippen molar-refractivity contribution in [3.8, 4) is 88.9 Å². The number of esters is 1. The Morgan fingerprint density at radius 1 is 0.482 bits per heavy atom. The van der Waals surface area contributed by atoms with Crippen LogP contribution >= 0.6 is 47.1 Å². The van der Waals surface area contributed by atoms with Gasteiger partial charge in [0.2, 0.25) is 0 Å². The van der Waals surface area contributed by atoms with Gasteiger partial charge in [0.05, 0.1) is 60.7 Å². The molecule has 0 aliphatic heterocycles. The van der Waals surface area contributed by atoms with Gasteiger partial charge in [-0.25, -0.2) is 19.6 Å². The Morgan fingerprint density at radius 3 is 1.13 bits per heavy atom. The number of benzene rings is 2. The molecule has 10 aromatic heterocycles. The second-order valence-corrected chi connectivity index (χ2v) is 28.4. The molecule has 0 amide bonds. The summed E-state index contributed by atoms with van der Waals surface area (Å²) < 4.78 is 96.8. The molecule has 0 saturated carbocycles. The van der Waals surface area contributed by atoms with Crippen molar-refractivity contribution in [3.05, 3.63) is 310 Å². The van der Waals surface area contributed by atoms with E-state index in [1.807, 2.05) is 132 Å². The van der Waals surface area contributed by atoms with Gasteiger partial charge in [0.1, 0.15) is 0 Å². The van der Waals surface area contributed by atoms with Crippen LogP contribution in [0.4, 0.5) is 30.7 Å². The van der Waals surface area contributed by atoms with Crippen LogP contribution in [0.2, 0.25) is 0 Å². The van der Waals surface area contributed by atoms with E-state index in [4.69, 9.17) is 55.8 Å². The molecule has 0 fully saturated rings. The van der Waals surface area contributed by atoms with Crippen molar-refractivity contribution in [2.45, 2.75) is 153 Å². The van der Waals surface area contributed by atoms with Crippen molar-refractivity contribution in [3.63, 3.8) is 0 Å². The molecule has 0 spiro atoms. The number of aliphatic carboxylic acids is 1. The summed E-state index contributed by atoms with van der Waals surface area (Å²) in [5.74, 6) is -1.37. The molecule has 0 radical (unpaired) electrons. The molecule has 10 heterocycles. The van der Waals surface area contributed by atoms with Gasteiger partial charge in [-0.15, -0.1) is 82.3 Å². The van der Waals surface area contributed by atoms with Crippen molar-refractivity contribution in [1.82, 2.24) is 39.9 Å². The van der Waals surface area contributed by atoms with Crippen molar-refractivity contribution in [2.24, 2.45) is 0 Å². The Balaban J connectivity index is -0.00000163. The van der Waals surface area contributed by atoms with Gasteiger partial charge >= 0.3 is 81.7 Å². The number of hydrogen-bond donors (Lipinski definition) is 1. The van der Waals surface area contributed by atoms with Crippen molar-refractivity contribution in [2.75, 3.05) is 13.8 Å². The normalized spacial score (nSPS) is 9.94. The summed E-state index contributed by atoms with van der Waals surface area (Å²) in [5.41, 5.74) is 16.9. The molecular weight excluding hydrogens is 2010 g/mol. The number of unbranched alkanes of at least 4 members (excludes halogenated alkanes) is 6. The zero-order valence-corrected chi connectivity index (χ0v) is 82.7. The number of nitrogens with zero attached hydrogens (tertiary/aromatic N) is 10. The number of ether oxygens (including phenoxy) is 1. The zero-order chi connectivity index (χ0) is 101. The van der Waals surface area contributed by atoms with E-state index in [0.717, 1.165) is 117 Å². The Bertz CT molecular complexity index is 5680. The first-order chi connectivity index (χ1) is 65.2. The maximum atomic E-state index is 12.7. The van der Waals surface area contributed by atoms with E-state index >= 15 is 0 Å². The molecule has 137 heavy (non-hydrogen) atoms. The number of pyridine rings is 8. The van der Waals surface area contributed by atoms with Gasteiger partial charge < -0.3 is 30.6 Å². The summed E-state index contributed by atoms with van der Waals surface area (Å²) in [4.78, 5) is 109. The molecule has 1 N–H and O–H groups in total. The molecule has 12 rings (SSSR count). The molecule has 2 aromatic carbocycles. The Kier molecular flexibility index (Phi) is 70.0. The molecular formula is C104H105F7N10O10Ru2S4. The van der Waals surface area contributed by atoms with Gasteiger partial charge in [0.25, 0.3) is 0 Å². The first-order valence-corrected chi connectivity index (χ1v) is 44.1. The molecule has 0 aliphatic rings. The molecule has 0 unspecified atom stereocenters. The first kappa shape index (κ1) is 126. The smallest absolute Gasteiger partial charge is 0.753 e. The second kappa shape index (κ2) is 76.1. The van der Waals surface area contributed by atoms with Crippen LogP contribution in [-0.4, -0.2) is 99.5 Å². The topological polar surface area (TPSA) is 314 Å². The summed E-state index contributed by atoms with van der Waals surface area (Å²) >= 11 is 10.8. The number of allylic oxidation sites excluding steroid dienone is 2. The fourth-order valence-electron chi connectivity index (χ4n) is 11.6. The predicted molar refractivity (Wildman–Crippen MR) is 531 cm³/mol. The Morgan fingerprint density at radius 2 is 0.810 bits per heavy atom. The number of alkyl halides is 7. The number of halogens is 7. The fraction of sp³-hybridized carbons (Fsp3) is 0.240. The van der Waals surface area contributed by atoms with Crippen molar-refractivity contribution in [1.29, 1.82) is 0 Å². The number of carboxylic acids is 1. The molecule has 720 valence electrons. The summed E-state index contributed by atoms with van der Waals surface area (Å²) in [7, 11) is -1.00. The van der Waals surface area contributed by atoms with E-state index in [-0.39, 0.29) is 70.8 Å². The molecule has 12 aromatic rings. The van der Waals surface area contributed by atoms with Gasteiger partial charge in [-0.05, 0) is 244 Å². The van der Waals surface area contributed by atoms with Gasteiger partial charge in [0, 0.05) is 59.1 Å². The minimum absolute atomic E-state index is 0. The van der Waals surface area contributed by atoms with Crippen LogP contribution in [0.25, 0.3) is 136 Å². The predicted octanol–water partition coefficient (Wildman–Crippen LogP) is 28.5. The van der Waals surface area contributed by atoms with Gasteiger partial charge in [-0.1, -0.05) is 181 Å². The first-order valence-electron chi connectivity index (χ1n) is 42.2. The number of isothiocyanates is 2. The third-order valence-electron chi connectivity index (χ3n) is 17.3. The minimum atomic E-state index is -4.35. The monoisotopic (exact) mass is 2120 g/mol. The number of thiocarbonyl (C=S) groups is 2. The molecule has 33 heteroatoms. The van der Waals surface area contributed by atoms with E-state index in [2.05, 4.69) is 140 Å². The quantitative estimate of drug-likeness (QED) is 0.00696. The van der Waals surface area contributed by atoms with E-state index in [1.54, 1.807) is 97.1 Å². The average Bonchev–Trinajstić information content (AvgIpc) is 1.77. The number of carboxylic acid groups (broad SMARTS) is 1. The molecule has 0 aliphatic carbocycles. The number of rotatable bonds is 28. The van der Waals surface area contributed by atoms with Gasteiger partial charge in [-0.3, -0.25) is 24.3 Å². The van der Waals surface area contributed by atoms with E-state index in [1.165, 1.54) is 107 Å². The number of thiophene rings is 2. The number of carbonyl (C=O) groups is 2. The average molecular weight is 2120 g/mol. The summed E-state index contributed by atoms with van der Waals surface area (Å²) in [6, 6.07) is 47.3. The van der Waals surface area contributed by atoms with E-state index < -0.39 is 36.6 Å².